The lowest BCUT2D eigenvalue weighted by Gasteiger charge is -2.21. The summed E-state index contributed by atoms with van der Waals surface area (Å²) in [5.74, 6) is -0.218. The van der Waals surface area contributed by atoms with Gasteiger partial charge >= 0.3 is 5.69 Å². The van der Waals surface area contributed by atoms with Gasteiger partial charge in [-0.05, 0) is 31.3 Å². The lowest BCUT2D eigenvalue weighted by atomic mass is 10.2. The van der Waals surface area contributed by atoms with Gasteiger partial charge in [0.05, 0.1) is 30.1 Å². The van der Waals surface area contributed by atoms with Gasteiger partial charge < -0.3 is 10.4 Å². The number of para-hydroxylation sites is 2. The molecular weight excluding hydrogens is 372 g/mol. The van der Waals surface area contributed by atoms with Gasteiger partial charge in [-0.3, -0.25) is 23.6 Å². The Bertz CT molecular complexity index is 1120. The van der Waals surface area contributed by atoms with Gasteiger partial charge in [-0.2, -0.15) is 0 Å². The van der Waals surface area contributed by atoms with E-state index in [0.29, 0.717) is 16.6 Å². The lowest BCUT2D eigenvalue weighted by molar-refractivity contribution is -0.117. The number of likely N-dealkylation sites (N-methyl/N-ethyl adjacent to an activating group) is 1. The molecule has 2 aromatic carbocycles. The fourth-order valence-electron chi connectivity index (χ4n) is 3.28. The smallest absolute Gasteiger partial charge is 0.331 e. The number of hydrogen-bond donors (Lipinski definition) is 2. The quantitative estimate of drug-likeness (QED) is 0.611. The number of aliphatic hydroxyl groups is 1. The van der Waals surface area contributed by atoms with E-state index in [1.165, 1.54) is 4.57 Å². The molecule has 0 fully saturated rings. The van der Waals surface area contributed by atoms with E-state index in [9.17, 15) is 19.5 Å². The van der Waals surface area contributed by atoms with Crippen molar-refractivity contribution in [2.75, 3.05) is 25.5 Å². The number of benzene rings is 2. The summed E-state index contributed by atoms with van der Waals surface area (Å²) in [7, 11) is 3.28. The topological polar surface area (TPSA) is 96.6 Å². The number of fused-ring (bicyclic) bond motifs is 1. The van der Waals surface area contributed by atoms with Gasteiger partial charge in [-0.15, -0.1) is 0 Å². The van der Waals surface area contributed by atoms with E-state index in [4.69, 9.17) is 0 Å². The van der Waals surface area contributed by atoms with E-state index >= 15 is 0 Å². The van der Waals surface area contributed by atoms with E-state index in [0.717, 1.165) is 4.57 Å². The fourth-order valence-corrected chi connectivity index (χ4v) is 3.28. The first kappa shape index (κ1) is 20.5. The first-order valence-electron chi connectivity index (χ1n) is 9.27. The van der Waals surface area contributed by atoms with Crippen molar-refractivity contribution in [2.24, 2.45) is 7.05 Å². The molecular formula is C21H24N4O4. The van der Waals surface area contributed by atoms with E-state index < -0.39 is 17.4 Å². The number of rotatable bonds is 7. The summed E-state index contributed by atoms with van der Waals surface area (Å²) in [5.41, 5.74) is 0.310. The Labute approximate surface area is 167 Å². The second kappa shape index (κ2) is 8.85. The van der Waals surface area contributed by atoms with Crippen LogP contribution in [0.25, 0.3) is 10.9 Å². The maximum atomic E-state index is 12.7. The molecule has 29 heavy (non-hydrogen) atoms. The molecule has 0 bridgehead atoms. The predicted molar refractivity (Wildman–Crippen MR) is 112 cm³/mol. The Hall–Kier alpha value is -3.23. The van der Waals surface area contributed by atoms with Crippen LogP contribution in [0.1, 0.15) is 0 Å². The Morgan fingerprint density at radius 2 is 1.76 bits per heavy atom. The van der Waals surface area contributed by atoms with Crippen LogP contribution in [-0.2, 0) is 18.4 Å². The Kier molecular flexibility index (Phi) is 6.26. The molecule has 0 aliphatic heterocycles. The molecule has 1 unspecified atom stereocenters. The summed E-state index contributed by atoms with van der Waals surface area (Å²) in [6.07, 6.45) is -0.990. The zero-order chi connectivity index (χ0) is 21.0. The molecule has 2 N–H and O–H groups in total. The van der Waals surface area contributed by atoms with Crippen LogP contribution in [0.3, 0.4) is 0 Å². The highest BCUT2D eigenvalue weighted by Crippen LogP contribution is 2.07. The van der Waals surface area contributed by atoms with Crippen LogP contribution in [-0.4, -0.2) is 51.3 Å². The number of nitrogens with one attached hydrogen (secondary N) is 1. The highest BCUT2D eigenvalue weighted by atomic mass is 16.3. The van der Waals surface area contributed by atoms with Crippen molar-refractivity contribution < 1.29 is 9.90 Å². The number of anilines is 1. The van der Waals surface area contributed by atoms with E-state index in [2.05, 4.69) is 5.32 Å². The molecule has 3 rings (SSSR count). The van der Waals surface area contributed by atoms with E-state index in [1.54, 1.807) is 55.4 Å². The van der Waals surface area contributed by atoms with Crippen LogP contribution in [0, 0.1) is 0 Å². The van der Waals surface area contributed by atoms with E-state index in [1.807, 2.05) is 18.2 Å². The van der Waals surface area contributed by atoms with Crippen molar-refractivity contribution in [2.45, 2.75) is 12.6 Å². The van der Waals surface area contributed by atoms with Gasteiger partial charge in [0.15, 0.2) is 0 Å². The molecule has 1 amide bonds. The zero-order valence-electron chi connectivity index (χ0n) is 16.4. The third-order valence-corrected chi connectivity index (χ3v) is 4.65. The van der Waals surface area contributed by atoms with Gasteiger partial charge in [0.1, 0.15) is 0 Å². The van der Waals surface area contributed by atoms with Gasteiger partial charge in [0.2, 0.25) is 5.91 Å². The Morgan fingerprint density at radius 1 is 1.10 bits per heavy atom. The molecule has 0 saturated heterocycles. The maximum Gasteiger partial charge on any atom is 0.331 e. The van der Waals surface area contributed by atoms with Gasteiger partial charge in [0.25, 0.3) is 5.56 Å². The average Bonchev–Trinajstić information content (AvgIpc) is 2.70. The van der Waals surface area contributed by atoms with Crippen molar-refractivity contribution in [3.8, 4) is 0 Å². The molecule has 1 heterocycles. The number of carbonyl (C=O) groups excluding carboxylic acids is 1. The average molecular weight is 396 g/mol. The van der Waals surface area contributed by atoms with Crippen LogP contribution >= 0.6 is 0 Å². The van der Waals surface area contributed by atoms with Crippen LogP contribution in [0.2, 0.25) is 0 Å². The number of carbonyl (C=O) groups is 1. The predicted octanol–water partition coefficient (Wildman–Crippen LogP) is 0.632. The zero-order valence-corrected chi connectivity index (χ0v) is 16.4. The first-order chi connectivity index (χ1) is 13.9. The van der Waals surface area contributed by atoms with Gasteiger partial charge in [-0.25, -0.2) is 4.79 Å². The summed E-state index contributed by atoms with van der Waals surface area (Å²) < 4.78 is 2.42. The molecule has 0 aliphatic rings. The summed E-state index contributed by atoms with van der Waals surface area (Å²) in [4.78, 5) is 39.0. The molecule has 3 aromatic rings. The third-order valence-electron chi connectivity index (χ3n) is 4.65. The summed E-state index contributed by atoms with van der Waals surface area (Å²) in [6.45, 7) is 0.0438. The molecule has 8 nitrogen and oxygen atoms in total. The van der Waals surface area contributed by atoms with Crippen molar-refractivity contribution in [1.82, 2.24) is 14.0 Å². The SMILES string of the molecule is CN(CC(=O)Nc1ccccc1)CC(O)Cn1c(=O)c2ccccc2n(C)c1=O. The van der Waals surface area contributed by atoms with Crippen molar-refractivity contribution in [3.63, 3.8) is 0 Å². The van der Waals surface area contributed by atoms with Crippen LogP contribution in [0.4, 0.5) is 5.69 Å². The molecule has 152 valence electrons. The Balaban J connectivity index is 1.66. The van der Waals surface area contributed by atoms with Crippen molar-refractivity contribution in [3.05, 3.63) is 75.4 Å². The number of aliphatic hydroxyl groups excluding tert-OH is 1. The highest BCUT2D eigenvalue weighted by molar-refractivity contribution is 5.92. The first-order valence-corrected chi connectivity index (χ1v) is 9.27. The molecule has 1 aromatic heterocycles. The van der Waals surface area contributed by atoms with Crippen molar-refractivity contribution in [1.29, 1.82) is 0 Å². The normalized spacial score (nSPS) is 12.3. The number of nitrogens with zero attached hydrogens (tertiary/aromatic N) is 3. The van der Waals surface area contributed by atoms with Crippen LogP contribution in [0.5, 0.6) is 0 Å². The van der Waals surface area contributed by atoms with Gasteiger partial charge in [-0.1, -0.05) is 30.3 Å². The summed E-state index contributed by atoms with van der Waals surface area (Å²) >= 11 is 0. The summed E-state index contributed by atoms with van der Waals surface area (Å²) in [5, 5.41) is 13.6. The number of hydrogen-bond acceptors (Lipinski definition) is 5. The highest BCUT2D eigenvalue weighted by Gasteiger charge is 2.16. The van der Waals surface area contributed by atoms with Crippen molar-refractivity contribution >= 4 is 22.5 Å². The molecule has 8 heteroatoms. The molecule has 0 saturated carbocycles. The molecule has 0 radical (unpaired) electrons. The number of aryl methyl sites for hydroxylation is 1. The Morgan fingerprint density at radius 3 is 2.48 bits per heavy atom. The third kappa shape index (κ3) is 4.79. The minimum atomic E-state index is -0.990. The molecule has 0 spiro atoms. The number of aromatic nitrogens is 2. The second-order valence-corrected chi connectivity index (χ2v) is 7.04. The van der Waals surface area contributed by atoms with Crippen LogP contribution in [0.15, 0.2) is 64.2 Å². The fraction of sp³-hybridized carbons (Fsp3) is 0.286. The minimum Gasteiger partial charge on any atom is -0.390 e. The van der Waals surface area contributed by atoms with Gasteiger partial charge in [0, 0.05) is 19.3 Å². The largest absolute Gasteiger partial charge is 0.390 e. The van der Waals surface area contributed by atoms with Crippen LogP contribution < -0.4 is 16.6 Å². The monoisotopic (exact) mass is 396 g/mol. The standard InChI is InChI=1S/C21H24N4O4/c1-23(14-19(27)22-15-8-4-3-5-9-15)12-16(26)13-25-20(28)17-10-6-7-11-18(17)24(2)21(25)29/h3-11,16,26H,12-14H2,1-2H3,(H,22,27). The number of amides is 1. The maximum absolute atomic E-state index is 12.7. The lowest BCUT2D eigenvalue weighted by Crippen LogP contribution is -2.44. The summed E-state index contributed by atoms with van der Waals surface area (Å²) in [6, 6.07) is 15.9. The minimum absolute atomic E-state index is 0.0661. The van der Waals surface area contributed by atoms with E-state index in [-0.39, 0.29) is 25.5 Å². The second-order valence-electron chi connectivity index (χ2n) is 7.04. The molecule has 0 aliphatic carbocycles. The molecule has 1 atom stereocenters.